The van der Waals surface area contributed by atoms with E-state index in [4.69, 9.17) is 9.47 Å². The van der Waals surface area contributed by atoms with Crippen molar-refractivity contribution in [1.29, 1.82) is 0 Å². The Morgan fingerprint density at radius 2 is 1.96 bits per heavy atom. The molecule has 0 radical (unpaired) electrons. The highest BCUT2D eigenvalue weighted by Gasteiger charge is 2.50. The minimum absolute atomic E-state index is 0.107. The molecule has 124 valence electrons. The molecular weight excluding hydrogens is 294 g/mol. The standard InChI is InChI=1S/C18H23NO4/c1-19-13-8-9-14(19)17(18(21)22-2)15(11-13)23-16(20)10-12-6-4-3-5-7-12/h3-7,13-15,17H,8-11H2,1-2H3. The summed E-state index contributed by atoms with van der Waals surface area (Å²) in [4.78, 5) is 26.7. The fourth-order valence-corrected chi connectivity index (χ4v) is 3.96. The van der Waals surface area contributed by atoms with Gasteiger partial charge in [0.2, 0.25) is 0 Å². The van der Waals surface area contributed by atoms with Crippen LogP contribution >= 0.6 is 0 Å². The minimum Gasteiger partial charge on any atom is -0.469 e. The molecule has 0 spiro atoms. The van der Waals surface area contributed by atoms with Crippen LogP contribution in [-0.2, 0) is 25.5 Å². The molecule has 2 aliphatic rings. The van der Waals surface area contributed by atoms with Crippen LogP contribution in [0.1, 0.15) is 24.8 Å². The highest BCUT2D eigenvalue weighted by atomic mass is 16.6. The van der Waals surface area contributed by atoms with Gasteiger partial charge in [-0.05, 0) is 25.5 Å². The van der Waals surface area contributed by atoms with Crippen LogP contribution in [0.2, 0.25) is 0 Å². The number of benzene rings is 1. The molecule has 5 heteroatoms. The number of rotatable bonds is 4. The quantitative estimate of drug-likeness (QED) is 0.793. The van der Waals surface area contributed by atoms with Crippen LogP contribution < -0.4 is 0 Å². The molecule has 2 aliphatic heterocycles. The molecule has 0 aromatic heterocycles. The molecule has 0 aliphatic carbocycles. The predicted octanol–water partition coefficient (Wildman–Crippen LogP) is 1.80. The van der Waals surface area contributed by atoms with Crippen LogP contribution in [0.25, 0.3) is 0 Å². The molecule has 1 aromatic rings. The summed E-state index contributed by atoms with van der Waals surface area (Å²) in [6.07, 6.45) is 2.55. The van der Waals surface area contributed by atoms with Crippen LogP contribution in [0.15, 0.2) is 30.3 Å². The van der Waals surface area contributed by atoms with Gasteiger partial charge in [-0.3, -0.25) is 14.5 Å². The van der Waals surface area contributed by atoms with Gasteiger partial charge in [0.25, 0.3) is 0 Å². The summed E-state index contributed by atoms with van der Waals surface area (Å²) >= 11 is 0. The molecule has 0 amide bonds. The lowest BCUT2D eigenvalue weighted by molar-refractivity contribution is -0.168. The van der Waals surface area contributed by atoms with E-state index in [9.17, 15) is 9.59 Å². The van der Waals surface area contributed by atoms with Gasteiger partial charge in [-0.2, -0.15) is 0 Å². The van der Waals surface area contributed by atoms with E-state index in [0.29, 0.717) is 12.5 Å². The molecule has 0 saturated carbocycles. The molecule has 1 aromatic carbocycles. The molecule has 0 N–H and O–H groups in total. The SMILES string of the molecule is COC(=O)C1C(OC(=O)Cc2ccccc2)CC2CCC1N2C. The first-order chi connectivity index (χ1) is 11.1. The Morgan fingerprint density at radius 3 is 2.65 bits per heavy atom. The maximum atomic E-state index is 12.3. The summed E-state index contributed by atoms with van der Waals surface area (Å²) in [5, 5.41) is 0. The number of carbonyl (C=O) groups is 2. The lowest BCUT2D eigenvalue weighted by atomic mass is 9.87. The first kappa shape index (κ1) is 16.0. The zero-order valence-electron chi connectivity index (χ0n) is 13.6. The molecule has 4 atom stereocenters. The fraction of sp³-hybridized carbons (Fsp3) is 0.556. The van der Waals surface area contributed by atoms with Crippen molar-refractivity contribution in [3.8, 4) is 0 Å². The summed E-state index contributed by atoms with van der Waals surface area (Å²) in [5.74, 6) is -0.942. The van der Waals surface area contributed by atoms with Gasteiger partial charge in [0.05, 0.1) is 13.5 Å². The third kappa shape index (κ3) is 3.24. The first-order valence-electron chi connectivity index (χ1n) is 8.13. The van der Waals surface area contributed by atoms with Crippen LogP contribution in [0.5, 0.6) is 0 Å². The van der Waals surface area contributed by atoms with Gasteiger partial charge in [-0.1, -0.05) is 30.3 Å². The summed E-state index contributed by atoms with van der Waals surface area (Å²) in [5.41, 5.74) is 0.919. The zero-order valence-corrected chi connectivity index (χ0v) is 13.6. The summed E-state index contributed by atoms with van der Waals surface area (Å²) in [7, 11) is 3.44. The highest BCUT2D eigenvalue weighted by Crippen LogP contribution is 2.40. The number of fused-ring (bicyclic) bond motifs is 2. The van der Waals surface area contributed by atoms with Gasteiger partial charge < -0.3 is 9.47 Å². The van der Waals surface area contributed by atoms with Crippen molar-refractivity contribution in [2.45, 2.75) is 43.9 Å². The Bertz CT molecular complexity index is 574. The minimum atomic E-state index is -0.386. The fourth-order valence-electron chi connectivity index (χ4n) is 3.96. The van der Waals surface area contributed by atoms with Crippen molar-refractivity contribution in [3.05, 3.63) is 35.9 Å². The summed E-state index contributed by atoms with van der Waals surface area (Å²) in [6, 6.07) is 10.0. The smallest absolute Gasteiger partial charge is 0.314 e. The number of carbonyl (C=O) groups excluding carboxylic acids is 2. The lowest BCUT2D eigenvalue weighted by Crippen LogP contribution is -2.53. The number of hydrogen-bond donors (Lipinski definition) is 0. The highest BCUT2D eigenvalue weighted by molar-refractivity contribution is 5.76. The van der Waals surface area contributed by atoms with Gasteiger partial charge in [-0.15, -0.1) is 0 Å². The third-order valence-electron chi connectivity index (χ3n) is 5.16. The van der Waals surface area contributed by atoms with E-state index in [1.807, 2.05) is 37.4 Å². The first-order valence-corrected chi connectivity index (χ1v) is 8.13. The molecule has 5 nitrogen and oxygen atoms in total. The number of hydrogen-bond acceptors (Lipinski definition) is 5. The van der Waals surface area contributed by atoms with Crippen molar-refractivity contribution in [1.82, 2.24) is 4.90 Å². The number of nitrogens with zero attached hydrogens (tertiary/aromatic N) is 1. The molecular formula is C18H23NO4. The largest absolute Gasteiger partial charge is 0.469 e. The lowest BCUT2D eigenvalue weighted by Gasteiger charge is -2.40. The number of piperidine rings is 1. The van der Waals surface area contributed by atoms with Crippen molar-refractivity contribution in [2.75, 3.05) is 14.2 Å². The molecule has 2 bridgehead atoms. The van der Waals surface area contributed by atoms with E-state index < -0.39 is 0 Å². The Balaban J connectivity index is 1.70. The Labute approximate surface area is 136 Å². The van der Waals surface area contributed by atoms with E-state index >= 15 is 0 Å². The van der Waals surface area contributed by atoms with Gasteiger partial charge in [-0.25, -0.2) is 0 Å². The second-order valence-corrected chi connectivity index (χ2v) is 6.44. The second-order valence-electron chi connectivity index (χ2n) is 6.44. The van der Waals surface area contributed by atoms with Gasteiger partial charge in [0.15, 0.2) is 0 Å². The van der Waals surface area contributed by atoms with E-state index in [-0.39, 0.29) is 36.4 Å². The van der Waals surface area contributed by atoms with Crippen molar-refractivity contribution >= 4 is 11.9 Å². The van der Waals surface area contributed by atoms with Gasteiger partial charge in [0.1, 0.15) is 12.0 Å². The Kier molecular flexibility index (Phi) is 4.66. The molecule has 4 unspecified atom stereocenters. The van der Waals surface area contributed by atoms with E-state index in [1.54, 1.807) is 0 Å². The topological polar surface area (TPSA) is 55.8 Å². The maximum Gasteiger partial charge on any atom is 0.314 e. The van der Waals surface area contributed by atoms with Crippen LogP contribution in [0.3, 0.4) is 0 Å². The Morgan fingerprint density at radius 1 is 1.22 bits per heavy atom. The molecule has 2 fully saturated rings. The normalized spacial score (nSPS) is 30.0. The summed E-state index contributed by atoms with van der Waals surface area (Å²) < 4.78 is 10.7. The zero-order chi connectivity index (χ0) is 16.4. The Hall–Kier alpha value is -1.88. The number of methoxy groups -OCH3 is 1. The van der Waals surface area contributed by atoms with Crippen LogP contribution in [-0.4, -0.2) is 49.2 Å². The predicted molar refractivity (Wildman–Crippen MR) is 84.7 cm³/mol. The number of ether oxygens (including phenoxy) is 2. The van der Waals surface area contributed by atoms with Gasteiger partial charge >= 0.3 is 11.9 Å². The van der Waals surface area contributed by atoms with Crippen molar-refractivity contribution in [2.24, 2.45) is 5.92 Å². The van der Waals surface area contributed by atoms with E-state index in [1.165, 1.54) is 7.11 Å². The van der Waals surface area contributed by atoms with E-state index in [2.05, 4.69) is 4.90 Å². The van der Waals surface area contributed by atoms with Crippen molar-refractivity contribution < 1.29 is 19.1 Å². The monoisotopic (exact) mass is 317 g/mol. The average molecular weight is 317 g/mol. The van der Waals surface area contributed by atoms with E-state index in [0.717, 1.165) is 18.4 Å². The second kappa shape index (κ2) is 6.71. The number of esters is 2. The van der Waals surface area contributed by atoms with Gasteiger partial charge in [0, 0.05) is 18.5 Å². The van der Waals surface area contributed by atoms with Crippen molar-refractivity contribution in [3.63, 3.8) is 0 Å². The summed E-state index contributed by atoms with van der Waals surface area (Å²) in [6.45, 7) is 0. The molecule has 3 rings (SSSR count). The molecule has 2 saturated heterocycles. The molecule has 2 heterocycles. The van der Waals surface area contributed by atoms with Crippen LogP contribution in [0.4, 0.5) is 0 Å². The average Bonchev–Trinajstić information content (AvgIpc) is 2.79. The third-order valence-corrected chi connectivity index (χ3v) is 5.16. The maximum absolute atomic E-state index is 12.3. The van der Waals surface area contributed by atoms with Crippen LogP contribution in [0, 0.1) is 5.92 Å². The molecule has 23 heavy (non-hydrogen) atoms.